The van der Waals surface area contributed by atoms with Crippen molar-refractivity contribution in [3.05, 3.63) is 30.1 Å². The molecule has 2 aromatic rings. The van der Waals surface area contributed by atoms with Gasteiger partial charge in [-0.3, -0.25) is 9.58 Å². The predicted molar refractivity (Wildman–Crippen MR) is 124 cm³/mol. The Balaban J connectivity index is 1.19. The molecule has 1 atom stereocenters. The summed E-state index contributed by atoms with van der Waals surface area (Å²) in [5.74, 6) is 1.06. The zero-order valence-corrected chi connectivity index (χ0v) is 19.5. The first-order chi connectivity index (χ1) is 15.5. The fourth-order valence-corrected chi connectivity index (χ4v) is 5.89. The van der Waals surface area contributed by atoms with Crippen molar-refractivity contribution in [2.45, 2.75) is 39.2 Å². The van der Waals surface area contributed by atoms with Gasteiger partial charge in [0.15, 0.2) is 0 Å². The molecule has 0 bridgehead atoms. The van der Waals surface area contributed by atoms with Crippen molar-refractivity contribution < 1.29 is 9.53 Å². The van der Waals surface area contributed by atoms with Crippen LogP contribution < -0.4 is 4.90 Å². The van der Waals surface area contributed by atoms with E-state index in [1.54, 1.807) is 0 Å². The first-order valence-electron chi connectivity index (χ1n) is 11.8. The number of piperazine rings is 1. The highest BCUT2D eigenvalue weighted by molar-refractivity contribution is 5.74. The van der Waals surface area contributed by atoms with Crippen LogP contribution >= 0.6 is 0 Å². The molecule has 1 saturated carbocycles. The highest BCUT2D eigenvalue weighted by atomic mass is 16.6. The molecule has 32 heavy (non-hydrogen) atoms. The molecule has 0 radical (unpaired) electrons. The van der Waals surface area contributed by atoms with E-state index >= 15 is 0 Å². The highest BCUT2D eigenvalue weighted by Gasteiger charge is 2.51. The Morgan fingerprint density at radius 3 is 2.72 bits per heavy atom. The van der Waals surface area contributed by atoms with E-state index in [1.165, 1.54) is 19.3 Å². The summed E-state index contributed by atoms with van der Waals surface area (Å²) in [5.41, 5.74) is 3.61. The lowest BCUT2D eigenvalue weighted by atomic mass is 9.78. The molecule has 0 aromatic carbocycles. The number of rotatable bonds is 4. The van der Waals surface area contributed by atoms with Crippen molar-refractivity contribution in [1.29, 1.82) is 0 Å². The number of pyridine rings is 1. The number of ether oxygens (including phenoxy) is 1. The summed E-state index contributed by atoms with van der Waals surface area (Å²) in [6, 6.07) is 6.92. The van der Waals surface area contributed by atoms with Gasteiger partial charge in [-0.15, -0.1) is 0 Å². The first kappa shape index (κ1) is 21.2. The Bertz CT molecular complexity index is 975. The van der Waals surface area contributed by atoms with Crippen LogP contribution in [0.3, 0.4) is 0 Å². The molecule has 2 saturated heterocycles. The van der Waals surface area contributed by atoms with Crippen LogP contribution in [0.15, 0.2) is 24.4 Å². The Morgan fingerprint density at radius 2 is 2.03 bits per heavy atom. The molecule has 0 N–H and O–H groups in total. The lowest BCUT2D eigenvalue weighted by molar-refractivity contribution is -0.00294. The van der Waals surface area contributed by atoms with Crippen LogP contribution in [0.1, 0.15) is 31.9 Å². The molecule has 172 valence electrons. The number of hydrogen-bond donors (Lipinski definition) is 0. The summed E-state index contributed by atoms with van der Waals surface area (Å²) in [6.07, 6.45) is 5.40. The molecule has 3 aliphatic rings. The monoisotopic (exact) mass is 438 g/mol. The maximum Gasteiger partial charge on any atom is 0.409 e. The predicted octanol–water partition coefficient (Wildman–Crippen LogP) is 2.92. The normalized spacial score (nSPS) is 22.9. The average molecular weight is 439 g/mol. The van der Waals surface area contributed by atoms with Crippen LogP contribution in [0.2, 0.25) is 0 Å². The minimum Gasteiger partial charge on any atom is -0.450 e. The zero-order valence-electron chi connectivity index (χ0n) is 19.5. The SMILES string of the molecule is CCOC(=O)N1CC2(CC[C@@H](N3CCN(c4ncccc4-c4cc(C)nn4C)CC3)C2)C1. The van der Waals surface area contributed by atoms with E-state index in [2.05, 4.69) is 27.0 Å². The lowest BCUT2D eigenvalue weighted by Crippen LogP contribution is -2.58. The van der Waals surface area contributed by atoms with E-state index in [0.29, 0.717) is 18.1 Å². The van der Waals surface area contributed by atoms with Gasteiger partial charge in [-0.1, -0.05) is 0 Å². The molecule has 2 aromatic heterocycles. The zero-order chi connectivity index (χ0) is 22.3. The molecule has 1 amide bonds. The Morgan fingerprint density at radius 1 is 1.25 bits per heavy atom. The van der Waals surface area contributed by atoms with Crippen LogP contribution in [0.25, 0.3) is 11.3 Å². The summed E-state index contributed by atoms with van der Waals surface area (Å²) in [4.78, 5) is 23.7. The van der Waals surface area contributed by atoms with E-state index in [1.807, 2.05) is 42.7 Å². The molecule has 4 heterocycles. The molecule has 2 aliphatic heterocycles. The summed E-state index contributed by atoms with van der Waals surface area (Å²) in [7, 11) is 2.00. The minimum absolute atomic E-state index is 0.148. The van der Waals surface area contributed by atoms with Gasteiger partial charge in [-0.25, -0.2) is 9.78 Å². The number of anilines is 1. The number of carbonyl (C=O) groups is 1. The number of aromatic nitrogens is 3. The first-order valence-corrected chi connectivity index (χ1v) is 11.8. The van der Waals surface area contributed by atoms with Gasteiger partial charge in [0.25, 0.3) is 0 Å². The van der Waals surface area contributed by atoms with Gasteiger partial charge in [0.2, 0.25) is 0 Å². The molecule has 1 aliphatic carbocycles. The van der Waals surface area contributed by atoms with E-state index in [9.17, 15) is 4.79 Å². The molecule has 1 spiro atoms. The molecular formula is C24H34N6O2. The molecule has 0 unspecified atom stereocenters. The summed E-state index contributed by atoms with van der Waals surface area (Å²) >= 11 is 0. The Labute approximate surface area is 190 Å². The number of nitrogens with zero attached hydrogens (tertiary/aromatic N) is 6. The molecule has 3 fully saturated rings. The average Bonchev–Trinajstić information content (AvgIpc) is 3.36. The number of hydrogen-bond acceptors (Lipinski definition) is 6. The second-order valence-electron chi connectivity index (χ2n) is 9.64. The molecular weight excluding hydrogens is 404 g/mol. The number of carbonyl (C=O) groups excluding carboxylic acids is 1. The van der Waals surface area contributed by atoms with E-state index in [-0.39, 0.29) is 6.09 Å². The van der Waals surface area contributed by atoms with Crippen LogP contribution in [0, 0.1) is 12.3 Å². The van der Waals surface area contributed by atoms with Crippen molar-refractivity contribution in [1.82, 2.24) is 24.6 Å². The van der Waals surface area contributed by atoms with Crippen LogP contribution in [-0.4, -0.2) is 82.6 Å². The van der Waals surface area contributed by atoms with Gasteiger partial charge < -0.3 is 14.5 Å². The third kappa shape index (κ3) is 3.85. The largest absolute Gasteiger partial charge is 0.450 e. The van der Waals surface area contributed by atoms with E-state index in [0.717, 1.165) is 62.0 Å². The minimum atomic E-state index is -0.148. The second kappa shape index (κ2) is 8.39. The van der Waals surface area contributed by atoms with Crippen LogP contribution in [-0.2, 0) is 11.8 Å². The van der Waals surface area contributed by atoms with Gasteiger partial charge in [0, 0.05) is 69.5 Å². The molecule has 5 rings (SSSR count). The number of amides is 1. The third-order valence-electron chi connectivity index (χ3n) is 7.45. The van der Waals surface area contributed by atoms with Crippen molar-refractivity contribution >= 4 is 11.9 Å². The van der Waals surface area contributed by atoms with Gasteiger partial charge in [-0.2, -0.15) is 5.10 Å². The summed E-state index contributed by atoms with van der Waals surface area (Å²) in [5, 5.41) is 4.52. The van der Waals surface area contributed by atoms with Gasteiger partial charge >= 0.3 is 6.09 Å². The maximum absolute atomic E-state index is 11.9. The van der Waals surface area contributed by atoms with Crippen molar-refractivity contribution in [2.24, 2.45) is 12.5 Å². The topological polar surface area (TPSA) is 66.7 Å². The standard InChI is InChI=1S/C24H34N6O2/c1-4-32-23(31)30-16-24(17-30)8-7-19(15-24)28-10-12-29(13-11-28)22-20(6-5-9-25-22)21-14-18(2)26-27(21)3/h5-6,9,14,19H,4,7-8,10-13,15-17H2,1-3H3/t19-/m1/s1. The highest BCUT2D eigenvalue weighted by Crippen LogP contribution is 2.47. The number of aryl methyl sites for hydroxylation is 2. The molecule has 8 nitrogen and oxygen atoms in total. The summed E-state index contributed by atoms with van der Waals surface area (Å²) in [6.45, 7) is 10.2. The molecule has 8 heteroatoms. The fraction of sp³-hybridized carbons (Fsp3) is 0.625. The van der Waals surface area contributed by atoms with Gasteiger partial charge in [-0.05, 0) is 51.3 Å². The number of likely N-dealkylation sites (tertiary alicyclic amines) is 1. The second-order valence-corrected chi connectivity index (χ2v) is 9.64. The van der Waals surface area contributed by atoms with Crippen LogP contribution in [0.5, 0.6) is 0 Å². The summed E-state index contributed by atoms with van der Waals surface area (Å²) < 4.78 is 7.10. The smallest absolute Gasteiger partial charge is 0.409 e. The lowest BCUT2D eigenvalue weighted by Gasteiger charge is -2.48. The van der Waals surface area contributed by atoms with Gasteiger partial charge in [0.05, 0.1) is 18.0 Å². The third-order valence-corrected chi connectivity index (χ3v) is 7.45. The van der Waals surface area contributed by atoms with E-state index in [4.69, 9.17) is 9.72 Å². The maximum atomic E-state index is 11.9. The Hall–Kier alpha value is -2.61. The van der Waals surface area contributed by atoms with Crippen molar-refractivity contribution in [2.75, 3.05) is 50.8 Å². The fourth-order valence-electron chi connectivity index (χ4n) is 5.89. The quantitative estimate of drug-likeness (QED) is 0.731. The van der Waals surface area contributed by atoms with E-state index < -0.39 is 0 Å². The van der Waals surface area contributed by atoms with Gasteiger partial charge in [0.1, 0.15) is 5.82 Å². The Kier molecular flexibility index (Phi) is 5.57. The van der Waals surface area contributed by atoms with Crippen molar-refractivity contribution in [3.63, 3.8) is 0 Å². The van der Waals surface area contributed by atoms with Crippen molar-refractivity contribution in [3.8, 4) is 11.3 Å². The van der Waals surface area contributed by atoms with Crippen LogP contribution in [0.4, 0.5) is 10.6 Å².